The third kappa shape index (κ3) is 6.87. The van der Waals surface area contributed by atoms with Crippen molar-refractivity contribution in [2.45, 2.75) is 52.4 Å². The van der Waals surface area contributed by atoms with Gasteiger partial charge in [-0.25, -0.2) is 0 Å². The number of benzene rings is 2. The summed E-state index contributed by atoms with van der Waals surface area (Å²) >= 11 is 0. The van der Waals surface area contributed by atoms with Crippen LogP contribution >= 0.6 is 0 Å². The van der Waals surface area contributed by atoms with Gasteiger partial charge in [0.15, 0.2) is 23.0 Å². The molecule has 2 rings (SSSR count). The van der Waals surface area contributed by atoms with Crippen LogP contribution in [0.15, 0.2) is 36.4 Å². The first kappa shape index (κ1) is 23.1. The van der Waals surface area contributed by atoms with Crippen LogP contribution in [0.5, 0.6) is 23.0 Å². The molecule has 0 spiro atoms. The molecule has 2 aromatic rings. The molecule has 0 aliphatic heterocycles. The molecule has 4 nitrogen and oxygen atoms in total. The summed E-state index contributed by atoms with van der Waals surface area (Å²) in [4.78, 5) is 0. The first-order valence-electron chi connectivity index (χ1n) is 7.87. The standard InChI is InChI=1S/2C10H14O2.Ni/c2*1-10(2,3)7-4-5-8(11)9(12)6-7;/h2*4-6,11-12H,1-3H3;. The molecule has 2 aromatic carbocycles. The summed E-state index contributed by atoms with van der Waals surface area (Å²) in [5.74, 6) is -0.240. The van der Waals surface area contributed by atoms with Gasteiger partial charge in [-0.15, -0.1) is 0 Å². The summed E-state index contributed by atoms with van der Waals surface area (Å²) in [5.41, 5.74) is 2.03. The second-order valence-electron chi connectivity index (χ2n) is 7.91. The summed E-state index contributed by atoms with van der Waals surface area (Å²) in [6.45, 7) is 12.3. The zero-order valence-electron chi connectivity index (χ0n) is 15.6. The molecule has 5 heteroatoms. The van der Waals surface area contributed by atoms with Crippen molar-refractivity contribution in [1.82, 2.24) is 0 Å². The van der Waals surface area contributed by atoms with E-state index < -0.39 is 0 Å². The number of phenolic OH excluding ortho intramolecular Hbond substituents is 4. The number of rotatable bonds is 0. The summed E-state index contributed by atoms with van der Waals surface area (Å²) in [6.07, 6.45) is 0. The van der Waals surface area contributed by atoms with Gasteiger partial charge in [0.1, 0.15) is 0 Å². The van der Waals surface area contributed by atoms with Crippen LogP contribution in [-0.4, -0.2) is 20.4 Å². The normalized spacial score (nSPS) is 11.1. The maximum absolute atomic E-state index is 9.21. The van der Waals surface area contributed by atoms with Gasteiger partial charge in [0.05, 0.1) is 0 Å². The predicted molar refractivity (Wildman–Crippen MR) is 96.9 cm³/mol. The van der Waals surface area contributed by atoms with Gasteiger partial charge in [-0.3, -0.25) is 0 Å². The van der Waals surface area contributed by atoms with E-state index in [4.69, 9.17) is 10.2 Å². The average molecular weight is 391 g/mol. The number of phenols is 4. The van der Waals surface area contributed by atoms with Gasteiger partial charge in [0, 0.05) is 16.5 Å². The fraction of sp³-hybridized carbons (Fsp3) is 0.400. The van der Waals surface area contributed by atoms with Gasteiger partial charge in [-0.1, -0.05) is 53.7 Å². The molecular formula is C20H28NiO4. The molecule has 0 saturated heterocycles. The minimum Gasteiger partial charge on any atom is -0.504 e. The van der Waals surface area contributed by atoms with Crippen LogP contribution in [0.4, 0.5) is 0 Å². The number of hydrogen-bond acceptors (Lipinski definition) is 4. The van der Waals surface area contributed by atoms with Crippen LogP contribution in [-0.2, 0) is 27.3 Å². The van der Waals surface area contributed by atoms with Crippen molar-refractivity contribution in [2.75, 3.05) is 0 Å². The molecule has 0 saturated carbocycles. The van der Waals surface area contributed by atoms with Gasteiger partial charge in [0.25, 0.3) is 0 Å². The molecule has 25 heavy (non-hydrogen) atoms. The SMILES string of the molecule is CC(C)(C)c1ccc(O)c(O)c1.CC(C)(C)c1ccc(O)c(O)c1.[Ni]. The largest absolute Gasteiger partial charge is 0.504 e. The van der Waals surface area contributed by atoms with E-state index in [2.05, 4.69) is 41.5 Å². The topological polar surface area (TPSA) is 80.9 Å². The molecule has 0 heterocycles. The molecule has 0 unspecified atom stereocenters. The Morgan fingerprint density at radius 3 is 1.00 bits per heavy atom. The van der Waals surface area contributed by atoms with Crippen molar-refractivity contribution in [1.29, 1.82) is 0 Å². The van der Waals surface area contributed by atoms with Crippen LogP contribution in [0.2, 0.25) is 0 Å². The van der Waals surface area contributed by atoms with Gasteiger partial charge in [-0.05, 0) is 46.2 Å². The smallest absolute Gasteiger partial charge is 0.157 e. The van der Waals surface area contributed by atoms with Crippen LogP contribution in [0.1, 0.15) is 52.7 Å². The Morgan fingerprint density at radius 1 is 0.520 bits per heavy atom. The molecule has 0 bridgehead atoms. The molecule has 4 N–H and O–H groups in total. The van der Waals surface area contributed by atoms with Gasteiger partial charge in [0.2, 0.25) is 0 Å². The Hall–Kier alpha value is -1.87. The van der Waals surface area contributed by atoms with E-state index in [0.29, 0.717) is 0 Å². The van der Waals surface area contributed by atoms with E-state index >= 15 is 0 Å². The maximum atomic E-state index is 9.21. The minimum atomic E-state index is -0.0667. The van der Waals surface area contributed by atoms with E-state index in [-0.39, 0.29) is 50.3 Å². The fourth-order valence-corrected chi connectivity index (χ4v) is 1.98. The summed E-state index contributed by atoms with van der Waals surface area (Å²) in [7, 11) is 0. The van der Waals surface area contributed by atoms with Gasteiger partial charge < -0.3 is 20.4 Å². The number of hydrogen-bond donors (Lipinski definition) is 4. The van der Waals surface area contributed by atoms with Crippen LogP contribution in [0.3, 0.4) is 0 Å². The fourth-order valence-electron chi connectivity index (χ4n) is 1.98. The van der Waals surface area contributed by atoms with E-state index in [9.17, 15) is 10.2 Å². The molecule has 0 aliphatic carbocycles. The second kappa shape index (κ2) is 8.48. The Balaban J connectivity index is 0.000000443. The Labute approximate surface area is 160 Å². The van der Waals surface area contributed by atoms with Crippen LogP contribution in [0, 0.1) is 0 Å². The Kier molecular flexibility index (Phi) is 7.85. The zero-order chi connectivity index (χ0) is 18.7. The monoisotopic (exact) mass is 390 g/mol. The van der Waals surface area contributed by atoms with Crippen molar-refractivity contribution in [2.24, 2.45) is 0 Å². The van der Waals surface area contributed by atoms with Crippen LogP contribution in [0.25, 0.3) is 0 Å². The molecule has 0 aliphatic rings. The van der Waals surface area contributed by atoms with Crippen molar-refractivity contribution >= 4 is 0 Å². The summed E-state index contributed by atoms with van der Waals surface area (Å²) in [5, 5.41) is 36.5. The first-order valence-corrected chi connectivity index (χ1v) is 7.87. The average Bonchev–Trinajstić information content (AvgIpc) is 2.43. The first-order chi connectivity index (χ1) is 10.8. The Morgan fingerprint density at radius 2 is 0.800 bits per heavy atom. The summed E-state index contributed by atoms with van der Waals surface area (Å²) in [6, 6.07) is 9.83. The van der Waals surface area contributed by atoms with Crippen molar-refractivity contribution < 1.29 is 36.9 Å². The van der Waals surface area contributed by atoms with Crippen molar-refractivity contribution in [3.05, 3.63) is 47.5 Å². The molecule has 0 radical (unpaired) electrons. The number of aromatic hydroxyl groups is 4. The minimum absolute atomic E-state index is 0. The molecule has 142 valence electrons. The molecule has 0 fully saturated rings. The van der Waals surface area contributed by atoms with Crippen molar-refractivity contribution in [3.8, 4) is 23.0 Å². The van der Waals surface area contributed by atoms with E-state index in [1.807, 2.05) is 12.1 Å². The maximum Gasteiger partial charge on any atom is 0.157 e. The molecule has 0 aromatic heterocycles. The van der Waals surface area contributed by atoms with Gasteiger partial charge in [-0.2, -0.15) is 0 Å². The van der Waals surface area contributed by atoms with E-state index in [0.717, 1.165) is 11.1 Å². The van der Waals surface area contributed by atoms with Gasteiger partial charge >= 0.3 is 0 Å². The third-order valence-electron chi connectivity index (χ3n) is 3.68. The third-order valence-corrected chi connectivity index (χ3v) is 3.68. The van der Waals surface area contributed by atoms with Crippen LogP contribution < -0.4 is 0 Å². The summed E-state index contributed by atoms with van der Waals surface area (Å²) < 4.78 is 0. The quantitative estimate of drug-likeness (QED) is 0.385. The predicted octanol–water partition coefficient (Wildman–Crippen LogP) is 4.79. The molecular weight excluding hydrogens is 363 g/mol. The second-order valence-corrected chi connectivity index (χ2v) is 7.91. The van der Waals surface area contributed by atoms with Crippen molar-refractivity contribution in [3.63, 3.8) is 0 Å². The Bertz CT molecular complexity index is 636. The zero-order valence-corrected chi connectivity index (χ0v) is 16.6. The molecule has 0 amide bonds. The van der Waals surface area contributed by atoms with E-state index in [1.165, 1.54) is 12.1 Å². The molecule has 0 atom stereocenters. The van der Waals surface area contributed by atoms with E-state index in [1.54, 1.807) is 12.1 Å².